The summed E-state index contributed by atoms with van der Waals surface area (Å²) < 4.78 is 11.1. The van der Waals surface area contributed by atoms with Gasteiger partial charge in [0.2, 0.25) is 0 Å². The van der Waals surface area contributed by atoms with Crippen molar-refractivity contribution in [2.75, 3.05) is 6.61 Å². The van der Waals surface area contributed by atoms with E-state index in [2.05, 4.69) is 4.98 Å². The molecule has 1 aliphatic rings. The Hall–Kier alpha value is -3.08. The predicted molar refractivity (Wildman–Crippen MR) is 105 cm³/mol. The summed E-state index contributed by atoms with van der Waals surface area (Å²) in [7, 11) is 0. The standard InChI is InChI=1S/C22H23NO4/c1-3-4-13-26-22(25)20-21(24)18-12-11-17(14-19(18)15(2)23-20)27-16-9-7-5-6-8-10-16/h5-7,9-12,14,24H,3-4,8,13H2,1-2H3. The second kappa shape index (κ2) is 8.54. The summed E-state index contributed by atoms with van der Waals surface area (Å²) in [5.41, 5.74) is 0.577. The van der Waals surface area contributed by atoms with Crippen molar-refractivity contribution in [1.82, 2.24) is 4.98 Å². The molecule has 0 saturated carbocycles. The molecule has 27 heavy (non-hydrogen) atoms. The molecule has 0 saturated heterocycles. The molecule has 0 fully saturated rings. The Bertz CT molecular complexity index is 941. The zero-order valence-corrected chi connectivity index (χ0v) is 15.6. The fourth-order valence-corrected chi connectivity index (χ4v) is 2.79. The number of aromatic hydroxyl groups is 1. The van der Waals surface area contributed by atoms with Gasteiger partial charge in [-0.2, -0.15) is 0 Å². The van der Waals surface area contributed by atoms with E-state index in [0.29, 0.717) is 23.4 Å². The first kappa shape index (κ1) is 18.7. The fourth-order valence-electron chi connectivity index (χ4n) is 2.79. The number of pyridine rings is 1. The highest BCUT2D eigenvalue weighted by Gasteiger charge is 2.19. The van der Waals surface area contributed by atoms with Crippen LogP contribution in [0.15, 0.2) is 54.3 Å². The van der Waals surface area contributed by atoms with E-state index in [0.717, 1.165) is 30.4 Å². The first-order chi connectivity index (χ1) is 13.1. The summed E-state index contributed by atoms with van der Waals surface area (Å²) in [6.45, 7) is 4.13. The van der Waals surface area contributed by atoms with Gasteiger partial charge in [-0.3, -0.25) is 0 Å². The molecule has 5 heteroatoms. The van der Waals surface area contributed by atoms with Crippen LogP contribution in [-0.2, 0) is 4.74 Å². The molecule has 1 heterocycles. The van der Waals surface area contributed by atoms with Gasteiger partial charge in [-0.1, -0.05) is 31.6 Å². The number of carbonyl (C=O) groups is 1. The van der Waals surface area contributed by atoms with Gasteiger partial charge in [0, 0.05) is 16.5 Å². The summed E-state index contributed by atoms with van der Waals surface area (Å²) >= 11 is 0. The van der Waals surface area contributed by atoms with Crippen molar-refractivity contribution in [1.29, 1.82) is 0 Å². The molecule has 0 amide bonds. The van der Waals surface area contributed by atoms with Crippen molar-refractivity contribution in [3.8, 4) is 11.5 Å². The van der Waals surface area contributed by atoms with E-state index >= 15 is 0 Å². The van der Waals surface area contributed by atoms with Gasteiger partial charge in [0.1, 0.15) is 11.5 Å². The Morgan fingerprint density at radius 3 is 2.93 bits per heavy atom. The van der Waals surface area contributed by atoms with Crippen LogP contribution in [0.3, 0.4) is 0 Å². The van der Waals surface area contributed by atoms with E-state index in [-0.39, 0.29) is 11.4 Å². The SMILES string of the molecule is CCCCOC(=O)c1nc(C)c2cc(OC3=CCC=CC=C3)ccc2c1O. The molecule has 1 aromatic heterocycles. The number of rotatable bonds is 6. The first-order valence-corrected chi connectivity index (χ1v) is 9.11. The Morgan fingerprint density at radius 1 is 1.26 bits per heavy atom. The van der Waals surface area contributed by atoms with Crippen LogP contribution in [0.4, 0.5) is 0 Å². The van der Waals surface area contributed by atoms with E-state index in [1.807, 2.05) is 43.4 Å². The highest BCUT2D eigenvalue weighted by molar-refractivity contribution is 6.00. The zero-order valence-electron chi connectivity index (χ0n) is 15.6. The van der Waals surface area contributed by atoms with E-state index < -0.39 is 5.97 Å². The lowest BCUT2D eigenvalue weighted by Crippen LogP contribution is -2.10. The number of hydrogen-bond acceptors (Lipinski definition) is 5. The quantitative estimate of drug-likeness (QED) is 0.577. The number of allylic oxidation sites excluding steroid dienone is 5. The molecule has 3 rings (SSSR count). The number of hydrogen-bond donors (Lipinski definition) is 1. The van der Waals surface area contributed by atoms with Crippen molar-refractivity contribution >= 4 is 16.7 Å². The Labute approximate surface area is 158 Å². The fraction of sp³-hybridized carbons (Fsp3) is 0.273. The minimum absolute atomic E-state index is 0.0507. The second-order valence-electron chi connectivity index (χ2n) is 6.32. The molecule has 140 valence electrons. The van der Waals surface area contributed by atoms with Crippen LogP contribution in [0.2, 0.25) is 0 Å². The Kier molecular flexibility index (Phi) is 5.91. The van der Waals surface area contributed by atoms with Crippen LogP contribution in [0.5, 0.6) is 11.5 Å². The molecule has 1 aromatic carbocycles. The minimum Gasteiger partial charge on any atom is -0.505 e. The number of aromatic nitrogens is 1. The van der Waals surface area contributed by atoms with Crippen molar-refractivity contribution in [3.05, 3.63) is 65.7 Å². The Morgan fingerprint density at radius 2 is 2.11 bits per heavy atom. The van der Waals surface area contributed by atoms with Gasteiger partial charge in [0.15, 0.2) is 11.4 Å². The summed E-state index contributed by atoms with van der Waals surface area (Å²) in [4.78, 5) is 16.5. The van der Waals surface area contributed by atoms with Gasteiger partial charge in [-0.25, -0.2) is 9.78 Å². The average molecular weight is 365 g/mol. The molecule has 5 nitrogen and oxygen atoms in total. The molecule has 0 aliphatic heterocycles. The molecule has 0 atom stereocenters. The lowest BCUT2D eigenvalue weighted by Gasteiger charge is -2.12. The van der Waals surface area contributed by atoms with Crippen molar-refractivity contribution in [2.45, 2.75) is 33.1 Å². The average Bonchev–Trinajstić information content (AvgIpc) is 2.93. The van der Waals surface area contributed by atoms with Crippen LogP contribution in [-0.4, -0.2) is 22.7 Å². The zero-order chi connectivity index (χ0) is 19.2. The monoisotopic (exact) mass is 365 g/mol. The topological polar surface area (TPSA) is 68.7 Å². The molecule has 1 N–H and O–H groups in total. The second-order valence-corrected chi connectivity index (χ2v) is 6.32. The van der Waals surface area contributed by atoms with Gasteiger partial charge < -0.3 is 14.6 Å². The summed E-state index contributed by atoms with van der Waals surface area (Å²) in [5, 5.41) is 11.8. The van der Waals surface area contributed by atoms with Crippen LogP contribution >= 0.6 is 0 Å². The Balaban J connectivity index is 1.89. The molecule has 1 aliphatic carbocycles. The number of esters is 1. The molecule has 2 aromatic rings. The summed E-state index contributed by atoms with van der Waals surface area (Å²) in [6, 6.07) is 5.31. The maximum absolute atomic E-state index is 12.2. The predicted octanol–water partition coefficient (Wildman–Crippen LogP) is 4.98. The third-order valence-corrected chi connectivity index (χ3v) is 4.26. The lowest BCUT2D eigenvalue weighted by atomic mass is 10.1. The van der Waals surface area contributed by atoms with E-state index in [9.17, 15) is 9.90 Å². The number of aryl methyl sites for hydroxylation is 1. The van der Waals surface area contributed by atoms with Crippen molar-refractivity contribution < 1.29 is 19.4 Å². The van der Waals surface area contributed by atoms with Crippen LogP contribution in [0.25, 0.3) is 10.8 Å². The van der Waals surface area contributed by atoms with E-state index in [1.54, 1.807) is 19.1 Å². The number of fused-ring (bicyclic) bond motifs is 1. The minimum atomic E-state index is -0.604. The highest BCUT2D eigenvalue weighted by atomic mass is 16.5. The van der Waals surface area contributed by atoms with Gasteiger partial charge >= 0.3 is 5.97 Å². The largest absolute Gasteiger partial charge is 0.505 e. The van der Waals surface area contributed by atoms with Crippen molar-refractivity contribution in [2.24, 2.45) is 0 Å². The van der Waals surface area contributed by atoms with E-state index in [4.69, 9.17) is 9.47 Å². The maximum atomic E-state index is 12.2. The third kappa shape index (κ3) is 4.37. The van der Waals surface area contributed by atoms with Gasteiger partial charge in [-0.15, -0.1) is 0 Å². The highest BCUT2D eigenvalue weighted by Crippen LogP contribution is 2.33. The molecule has 0 spiro atoms. The summed E-state index contributed by atoms with van der Waals surface area (Å²) in [6.07, 6.45) is 12.3. The normalized spacial score (nSPS) is 13.3. The van der Waals surface area contributed by atoms with Crippen LogP contribution in [0.1, 0.15) is 42.4 Å². The molecule has 0 radical (unpaired) electrons. The molecule has 0 bridgehead atoms. The number of unbranched alkanes of at least 4 members (excludes halogenated alkanes) is 1. The maximum Gasteiger partial charge on any atom is 0.360 e. The first-order valence-electron chi connectivity index (χ1n) is 9.11. The summed E-state index contributed by atoms with van der Waals surface area (Å²) in [5.74, 6) is 0.627. The molecule has 0 unspecified atom stereocenters. The van der Waals surface area contributed by atoms with Gasteiger partial charge in [-0.05, 0) is 50.1 Å². The van der Waals surface area contributed by atoms with Crippen molar-refractivity contribution in [3.63, 3.8) is 0 Å². The van der Waals surface area contributed by atoms with Gasteiger partial charge in [0.25, 0.3) is 0 Å². The van der Waals surface area contributed by atoms with Crippen LogP contribution < -0.4 is 4.74 Å². The number of ether oxygens (including phenoxy) is 2. The number of benzene rings is 1. The van der Waals surface area contributed by atoms with Gasteiger partial charge in [0.05, 0.1) is 6.61 Å². The molecular weight excluding hydrogens is 342 g/mol. The number of carbonyl (C=O) groups excluding carboxylic acids is 1. The van der Waals surface area contributed by atoms with E-state index in [1.165, 1.54) is 0 Å². The third-order valence-electron chi connectivity index (χ3n) is 4.26. The number of nitrogens with zero attached hydrogens (tertiary/aromatic N) is 1. The molecular formula is C22H23NO4. The smallest absolute Gasteiger partial charge is 0.360 e. The lowest BCUT2D eigenvalue weighted by molar-refractivity contribution is 0.0489. The van der Waals surface area contributed by atoms with Crippen LogP contribution in [0, 0.1) is 6.92 Å².